The lowest BCUT2D eigenvalue weighted by Crippen LogP contribution is -2.16. The van der Waals surface area contributed by atoms with Gasteiger partial charge in [-0.05, 0) is 37.1 Å². The maximum Gasteiger partial charge on any atom is 0.256 e. The molecule has 142 valence electrons. The van der Waals surface area contributed by atoms with E-state index in [0.29, 0.717) is 23.6 Å². The first-order valence-electron chi connectivity index (χ1n) is 9.04. The molecule has 1 aliphatic carbocycles. The molecule has 2 N–H and O–H groups in total. The number of hydrogen-bond donors (Lipinski definition) is 2. The van der Waals surface area contributed by atoms with Gasteiger partial charge in [0, 0.05) is 46.7 Å². The Bertz CT molecular complexity index is 1180. The smallest absolute Gasteiger partial charge is 0.256 e. The van der Waals surface area contributed by atoms with Crippen LogP contribution in [0, 0.1) is 0 Å². The molecule has 3 aromatic rings. The number of aryl methyl sites for hydroxylation is 1. The van der Waals surface area contributed by atoms with E-state index in [4.69, 9.17) is 11.6 Å². The molecule has 0 radical (unpaired) electrons. The predicted molar refractivity (Wildman–Crippen MR) is 110 cm³/mol. The topological polar surface area (TPSA) is 70.7 Å². The van der Waals surface area contributed by atoms with Gasteiger partial charge in [0.25, 0.3) is 5.56 Å². The van der Waals surface area contributed by atoms with E-state index in [1.54, 1.807) is 24.7 Å². The SMILES string of the molecule is CCc1[nH]c(=O)c(C2=C(F)CCC(Cl)=C2)cc1Nc1ccnc2ccncc12. The summed E-state index contributed by atoms with van der Waals surface area (Å²) in [5.41, 5.74) is 3.20. The van der Waals surface area contributed by atoms with E-state index in [-0.39, 0.29) is 28.9 Å². The molecule has 28 heavy (non-hydrogen) atoms. The second kappa shape index (κ2) is 7.56. The molecule has 0 saturated carbocycles. The number of nitrogens with zero attached hydrogens (tertiary/aromatic N) is 2. The average molecular weight is 397 g/mol. The number of rotatable bonds is 4. The van der Waals surface area contributed by atoms with Crippen molar-refractivity contribution in [2.24, 2.45) is 0 Å². The molecule has 0 atom stereocenters. The monoisotopic (exact) mass is 396 g/mol. The lowest BCUT2D eigenvalue weighted by atomic mass is 9.98. The molecule has 0 fully saturated rings. The summed E-state index contributed by atoms with van der Waals surface area (Å²) in [4.78, 5) is 24.0. The number of anilines is 2. The van der Waals surface area contributed by atoms with Crippen molar-refractivity contribution in [1.82, 2.24) is 15.0 Å². The highest BCUT2D eigenvalue weighted by molar-refractivity contribution is 6.30. The largest absolute Gasteiger partial charge is 0.353 e. The lowest BCUT2D eigenvalue weighted by molar-refractivity contribution is 0.590. The van der Waals surface area contributed by atoms with Gasteiger partial charge in [0.2, 0.25) is 0 Å². The number of nitrogens with one attached hydrogen (secondary N) is 2. The fourth-order valence-electron chi connectivity index (χ4n) is 3.30. The van der Waals surface area contributed by atoms with Gasteiger partial charge in [0.1, 0.15) is 5.83 Å². The highest BCUT2D eigenvalue weighted by atomic mass is 35.5. The molecule has 3 heterocycles. The summed E-state index contributed by atoms with van der Waals surface area (Å²) in [5, 5.41) is 4.74. The van der Waals surface area contributed by atoms with Crippen molar-refractivity contribution in [1.29, 1.82) is 0 Å². The normalized spacial score (nSPS) is 14.3. The minimum atomic E-state index is -0.337. The van der Waals surface area contributed by atoms with Crippen LogP contribution in [0.4, 0.5) is 15.8 Å². The van der Waals surface area contributed by atoms with Gasteiger partial charge in [-0.15, -0.1) is 0 Å². The highest BCUT2D eigenvalue weighted by Gasteiger charge is 2.18. The fraction of sp³-hybridized carbons (Fsp3) is 0.190. The molecule has 0 bridgehead atoms. The Morgan fingerprint density at radius 3 is 2.93 bits per heavy atom. The maximum absolute atomic E-state index is 14.4. The zero-order valence-electron chi connectivity index (χ0n) is 15.2. The summed E-state index contributed by atoms with van der Waals surface area (Å²) >= 11 is 6.09. The van der Waals surface area contributed by atoms with Gasteiger partial charge in [-0.1, -0.05) is 18.5 Å². The maximum atomic E-state index is 14.4. The van der Waals surface area contributed by atoms with Crippen LogP contribution < -0.4 is 10.9 Å². The number of aromatic nitrogens is 3. The summed E-state index contributed by atoms with van der Waals surface area (Å²) in [6, 6.07) is 5.35. The molecule has 0 aromatic carbocycles. The van der Waals surface area contributed by atoms with Crippen LogP contribution in [0.2, 0.25) is 0 Å². The number of H-pyrrole nitrogens is 1. The van der Waals surface area contributed by atoms with E-state index in [9.17, 15) is 9.18 Å². The van der Waals surface area contributed by atoms with Gasteiger partial charge in [-0.2, -0.15) is 0 Å². The molecule has 0 aliphatic heterocycles. The van der Waals surface area contributed by atoms with Crippen molar-refractivity contribution in [2.75, 3.05) is 5.32 Å². The Balaban J connectivity index is 1.84. The van der Waals surface area contributed by atoms with Gasteiger partial charge in [0.05, 0.1) is 22.5 Å². The number of fused-ring (bicyclic) bond motifs is 1. The summed E-state index contributed by atoms with van der Waals surface area (Å²) < 4.78 is 14.4. The Labute approximate surface area is 166 Å². The van der Waals surface area contributed by atoms with E-state index < -0.39 is 0 Å². The third-order valence-electron chi connectivity index (χ3n) is 4.76. The number of allylic oxidation sites excluding steroid dienone is 4. The van der Waals surface area contributed by atoms with Gasteiger partial charge < -0.3 is 10.3 Å². The highest BCUT2D eigenvalue weighted by Crippen LogP contribution is 2.34. The van der Waals surface area contributed by atoms with Gasteiger partial charge in [0.15, 0.2) is 0 Å². The molecule has 5 nitrogen and oxygen atoms in total. The van der Waals surface area contributed by atoms with Crippen LogP contribution in [-0.4, -0.2) is 15.0 Å². The molecule has 7 heteroatoms. The Morgan fingerprint density at radius 1 is 1.25 bits per heavy atom. The van der Waals surface area contributed by atoms with Crippen molar-refractivity contribution in [3.8, 4) is 0 Å². The van der Waals surface area contributed by atoms with Gasteiger partial charge in [-0.3, -0.25) is 14.8 Å². The van der Waals surface area contributed by atoms with Gasteiger partial charge >= 0.3 is 0 Å². The molecule has 0 amide bonds. The minimum absolute atomic E-state index is 0.197. The van der Waals surface area contributed by atoms with Crippen LogP contribution >= 0.6 is 11.6 Å². The molecular formula is C21H18ClFN4O. The third-order valence-corrected chi connectivity index (χ3v) is 5.05. The molecule has 0 unspecified atom stereocenters. The van der Waals surface area contributed by atoms with E-state index in [1.165, 1.54) is 6.08 Å². The predicted octanol–water partition coefficient (Wildman–Crippen LogP) is 5.22. The Morgan fingerprint density at radius 2 is 2.11 bits per heavy atom. The molecule has 4 rings (SSSR count). The summed E-state index contributed by atoms with van der Waals surface area (Å²) in [5.74, 6) is -0.330. The lowest BCUT2D eigenvalue weighted by Gasteiger charge is -2.16. The fourth-order valence-corrected chi connectivity index (χ4v) is 3.50. The Hall–Kier alpha value is -2.99. The number of aromatic amines is 1. The van der Waals surface area contributed by atoms with E-state index in [0.717, 1.165) is 22.3 Å². The number of hydrogen-bond acceptors (Lipinski definition) is 4. The summed E-state index contributed by atoms with van der Waals surface area (Å²) in [6.07, 6.45) is 7.90. The first kappa shape index (κ1) is 18.4. The van der Waals surface area contributed by atoms with Crippen molar-refractivity contribution in [3.63, 3.8) is 0 Å². The van der Waals surface area contributed by atoms with E-state index in [2.05, 4.69) is 20.3 Å². The van der Waals surface area contributed by atoms with Crippen LogP contribution in [0.3, 0.4) is 0 Å². The first-order valence-corrected chi connectivity index (χ1v) is 9.41. The van der Waals surface area contributed by atoms with Crippen LogP contribution in [0.15, 0.2) is 58.5 Å². The molecule has 0 saturated heterocycles. The molecule has 1 aliphatic rings. The molecule has 0 spiro atoms. The van der Waals surface area contributed by atoms with Crippen molar-refractivity contribution >= 4 is 39.5 Å². The Kier molecular flexibility index (Phi) is 4.96. The van der Waals surface area contributed by atoms with Crippen molar-refractivity contribution in [2.45, 2.75) is 26.2 Å². The summed E-state index contributed by atoms with van der Waals surface area (Å²) in [7, 11) is 0. The van der Waals surface area contributed by atoms with E-state index >= 15 is 0 Å². The van der Waals surface area contributed by atoms with Crippen LogP contribution in [0.25, 0.3) is 16.5 Å². The third kappa shape index (κ3) is 3.43. The quantitative estimate of drug-likeness (QED) is 0.634. The zero-order valence-corrected chi connectivity index (χ0v) is 16.0. The molecular weight excluding hydrogens is 379 g/mol. The van der Waals surface area contributed by atoms with Crippen molar-refractivity contribution in [3.05, 3.63) is 75.3 Å². The number of halogens is 2. The number of pyridine rings is 3. The molecule has 3 aromatic heterocycles. The standard InChI is InChI=1S/C21H18ClFN4O/c1-2-17-20(26-19-6-8-25-18-5-7-24-11-15(18)19)10-14(21(28)27-17)13-9-12(22)3-4-16(13)23/h5-11H,2-4H2,1H3,(H,25,26)(H,27,28). The summed E-state index contributed by atoms with van der Waals surface area (Å²) in [6.45, 7) is 1.94. The van der Waals surface area contributed by atoms with Crippen molar-refractivity contribution < 1.29 is 4.39 Å². The van der Waals surface area contributed by atoms with E-state index in [1.807, 2.05) is 19.1 Å². The minimum Gasteiger partial charge on any atom is -0.353 e. The zero-order chi connectivity index (χ0) is 19.7. The van der Waals surface area contributed by atoms with Crippen LogP contribution in [-0.2, 0) is 6.42 Å². The first-order chi connectivity index (χ1) is 13.6. The second-order valence-electron chi connectivity index (χ2n) is 6.54. The average Bonchev–Trinajstić information content (AvgIpc) is 2.71. The van der Waals surface area contributed by atoms with Crippen LogP contribution in [0.5, 0.6) is 0 Å². The van der Waals surface area contributed by atoms with Crippen LogP contribution in [0.1, 0.15) is 31.0 Å². The second-order valence-corrected chi connectivity index (χ2v) is 7.03. The van der Waals surface area contributed by atoms with Gasteiger partial charge in [-0.25, -0.2) is 4.39 Å².